The zero-order valence-corrected chi connectivity index (χ0v) is 23.7. The van der Waals surface area contributed by atoms with Crippen molar-refractivity contribution in [3.8, 4) is 0 Å². The molecule has 34 heavy (non-hydrogen) atoms. The molecule has 0 amide bonds. The van der Waals surface area contributed by atoms with Gasteiger partial charge in [-0.3, -0.25) is 0 Å². The summed E-state index contributed by atoms with van der Waals surface area (Å²) in [5.41, 5.74) is 6.17. The Morgan fingerprint density at radius 3 is 1.21 bits per heavy atom. The normalized spacial score (nSPS) is 13.4. The zero-order chi connectivity index (χ0) is 25.0. The van der Waals surface area contributed by atoms with Gasteiger partial charge in [0.2, 0.25) is 0 Å². The van der Waals surface area contributed by atoms with Crippen molar-refractivity contribution in [3.63, 3.8) is 0 Å². The Morgan fingerprint density at radius 2 is 0.824 bits per heavy atom. The van der Waals surface area contributed by atoms with E-state index in [0.29, 0.717) is 6.61 Å². The summed E-state index contributed by atoms with van der Waals surface area (Å²) in [6.45, 7) is 5.73. The fraction of sp³-hybridized carbons (Fsp3) is 1.00. The molecular formula is C31H65NO2. The SMILES string of the molecule is CCCCCCCCCCCCCCOCC(O)C(N)CCCCCCCCCCCCCC. The second kappa shape index (κ2) is 29.1. The average molecular weight is 484 g/mol. The Balaban J connectivity index is 3.28. The molecule has 0 heterocycles. The van der Waals surface area contributed by atoms with Crippen LogP contribution in [0.25, 0.3) is 0 Å². The standard InChI is InChI=1S/C31H65NO2/c1-3-5-7-9-11-13-15-17-19-21-23-25-27-30(32)31(33)29-34-28-26-24-22-20-18-16-14-12-10-8-6-4-2/h30-31,33H,3-29,32H2,1-2H3. The highest BCUT2D eigenvalue weighted by Gasteiger charge is 2.14. The van der Waals surface area contributed by atoms with Crippen LogP contribution in [0.1, 0.15) is 174 Å². The molecule has 3 heteroatoms. The number of aliphatic hydroxyl groups is 1. The number of ether oxygens (including phenoxy) is 1. The molecule has 3 nitrogen and oxygen atoms in total. The topological polar surface area (TPSA) is 55.5 Å². The van der Waals surface area contributed by atoms with E-state index >= 15 is 0 Å². The molecule has 3 N–H and O–H groups in total. The predicted octanol–water partition coefficient (Wildman–Crippen LogP) is 9.48. The van der Waals surface area contributed by atoms with Crippen molar-refractivity contribution in [2.75, 3.05) is 13.2 Å². The third-order valence-electron chi connectivity index (χ3n) is 7.32. The van der Waals surface area contributed by atoms with E-state index in [-0.39, 0.29) is 6.04 Å². The fourth-order valence-corrected chi connectivity index (χ4v) is 4.79. The molecule has 0 fully saturated rings. The summed E-state index contributed by atoms with van der Waals surface area (Å²) in [5, 5.41) is 10.2. The van der Waals surface area contributed by atoms with Crippen LogP contribution in [0.3, 0.4) is 0 Å². The Bertz CT molecular complexity index is 363. The van der Waals surface area contributed by atoms with Crippen LogP contribution in [0.4, 0.5) is 0 Å². The molecular weight excluding hydrogens is 418 g/mol. The lowest BCUT2D eigenvalue weighted by Crippen LogP contribution is -2.38. The lowest BCUT2D eigenvalue weighted by molar-refractivity contribution is 0.0203. The Hall–Kier alpha value is -0.120. The van der Waals surface area contributed by atoms with E-state index in [1.807, 2.05) is 0 Å². The van der Waals surface area contributed by atoms with Crippen LogP contribution in [-0.4, -0.2) is 30.5 Å². The van der Waals surface area contributed by atoms with Gasteiger partial charge in [-0.05, 0) is 12.8 Å². The van der Waals surface area contributed by atoms with Crippen LogP contribution in [0.2, 0.25) is 0 Å². The van der Waals surface area contributed by atoms with Gasteiger partial charge in [0.15, 0.2) is 0 Å². The van der Waals surface area contributed by atoms with E-state index in [1.54, 1.807) is 0 Å². The van der Waals surface area contributed by atoms with E-state index in [4.69, 9.17) is 10.5 Å². The van der Waals surface area contributed by atoms with Crippen molar-refractivity contribution in [2.24, 2.45) is 5.73 Å². The maximum Gasteiger partial charge on any atom is 0.0924 e. The average Bonchev–Trinajstić information content (AvgIpc) is 2.84. The van der Waals surface area contributed by atoms with Gasteiger partial charge in [-0.1, -0.05) is 162 Å². The first-order chi connectivity index (χ1) is 16.7. The summed E-state index contributed by atoms with van der Waals surface area (Å²) < 4.78 is 5.69. The maximum atomic E-state index is 10.2. The van der Waals surface area contributed by atoms with Gasteiger partial charge in [0.1, 0.15) is 0 Å². The second-order valence-corrected chi connectivity index (χ2v) is 10.9. The van der Waals surface area contributed by atoms with Crippen molar-refractivity contribution >= 4 is 0 Å². The summed E-state index contributed by atoms with van der Waals surface area (Å²) in [5.74, 6) is 0. The van der Waals surface area contributed by atoms with E-state index in [2.05, 4.69) is 13.8 Å². The van der Waals surface area contributed by atoms with Crippen molar-refractivity contribution in [1.82, 2.24) is 0 Å². The summed E-state index contributed by atoms with van der Waals surface area (Å²) >= 11 is 0. The minimum atomic E-state index is -0.509. The molecule has 206 valence electrons. The molecule has 0 aromatic carbocycles. The van der Waals surface area contributed by atoms with Crippen LogP contribution in [0.5, 0.6) is 0 Å². The van der Waals surface area contributed by atoms with Gasteiger partial charge < -0.3 is 15.6 Å². The lowest BCUT2D eigenvalue weighted by atomic mass is 10.0. The van der Waals surface area contributed by atoms with Crippen LogP contribution >= 0.6 is 0 Å². The first-order valence-electron chi connectivity index (χ1n) is 15.7. The van der Waals surface area contributed by atoms with Gasteiger partial charge in [0.25, 0.3) is 0 Å². The van der Waals surface area contributed by atoms with Crippen molar-refractivity contribution < 1.29 is 9.84 Å². The molecule has 2 unspecified atom stereocenters. The monoisotopic (exact) mass is 484 g/mol. The number of rotatable bonds is 29. The Morgan fingerprint density at radius 1 is 0.500 bits per heavy atom. The largest absolute Gasteiger partial charge is 0.389 e. The van der Waals surface area contributed by atoms with Crippen molar-refractivity contribution in [2.45, 2.75) is 187 Å². The second-order valence-electron chi connectivity index (χ2n) is 10.9. The quantitative estimate of drug-likeness (QED) is 0.104. The number of unbranched alkanes of at least 4 members (excludes halogenated alkanes) is 22. The molecule has 2 atom stereocenters. The lowest BCUT2D eigenvalue weighted by Gasteiger charge is -2.18. The molecule has 0 aromatic heterocycles. The molecule has 0 aromatic rings. The van der Waals surface area contributed by atoms with Gasteiger partial charge in [-0.2, -0.15) is 0 Å². The van der Waals surface area contributed by atoms with Gasteiger partial charge in [0.05, 0.1) is 12.7 Å². The first kappa shape index (κ1) is 33.9. The Labute approximate surface area is 215 Å². The minimum Gasteiger partial charge on any atom is -0.389 e. The number of aliphatic hydroxyl groups excluding tert-OH is 1. The maximum absolute atomic E-state index is 10.2. The third-order valence-corrected chi connectivity index (χ3v) is 7.32. The smallest absolute Gasteiger partial charge is 0.0924 e. The van der Waals surface area contributed by atoms with Gasteiger partial charge in [-0.15, -0.1) is 0 Å². The first-order valence-corrected chi connectivity index (χ1v) is 15.7. The molecule has 0 aliphatic carbocycles. The third kappa shape index (κ3) is 26.5. The van der Waals surface area contributed by atoms with Gasteiger partial charge >= 0.3 is 0 Å². The number of hydrogen-bond donors (Lipinski definition) is 2. The van der Waals surface area contributed by atoms with Crippen LogP contribution in [0, 0.1) is 0 Å². The molecule has 0 saturated carbocycles. The Kier molecular flexibility index (Phi) is 29.0. The van der Waals surface area contributed by atoms with E-state index < -0.39 is 6.10 Å². The molecule has 0 radical (unpaired) electrons. The highest BCUT2D eigenvalue weighted by molar-refractivity contribution is 4.71. The van der Waals surface area contributed by atoms with Crippen molar-refractivity contribution in [3.05, 3.63) is 0 Å². The van der Waals surface area contributed by atoms with Gasteiger partial charge in [-0.25, -0.2) is 0 Å². The molecule has 0 spiro atoms. The summed E-state index contributed by atoms with van der Waals surface area (Å²) in [6.07, 6.45) is 33.0. The van der Waals surface area contributed by atoms with Crippen LogP contribution in [-0.2, 0) is 4.74 Å². The molecule has 0 aliphatic heterocycles. The van der Waals surface area contributed by atoms with Gasteiger partial charge in [0, 0.05) is 12.6 Å². The van der Waals surface area contributed by atoms with Crippen LogP contribution in [0.15, 0.2) is 0 Å². The molecule has 0 aliphatic rings. The fourth-order valence-electron chi connectivity index (χ4n) is 4.79. The van der Waals surface area contributed by atoms with Crippen LogP contribution < -0.4 is 5.73 Å². The molecule has 0 rings (SSSR count). The summed E-state index contributed by atoms with van der Waals surface area (Å²) in [4.78, 5) is 0. The predicted molar refractivity (Wildman–Crippen MR) is 152 cm³/mol. The number of hydrogen-bond acceptors (Lipinski definition) is 3. The zero-order valence-electron chi connectivity index (χ0n) is 23.7. The van der Waals surface area contributed by atoms with E-state index in [1.165, 1.54) is 141 Å². The summed E-state index contributed by atoms with van der Waals surface area (Å²) in [6, 6.07) is -0.134. The highest BCUT2D eigenvalue weighted by Crippen LogP contribution is 2.14. The molecule has 0 bridgehead atoms. The summed E-state index contributed by atoms with van der Waals surface area (Å²) in [7, 11) is 0. The highest BCUT2D eigenvalue weighted by atomic mass is 16.5. The van der Waals surface area contributed by atoms with Crippen molar-refractivity contribution in [1.29, 1.82) is 0 Å². The minimum absolute atomic E-state index is 0.134. The van der Waals surface area contributed by atoms with E-state index in [9.17, 15) is 5.11 Å². The number of nitrogens with two attached hydrogens (primary N) is 1. The van der Waals surface area contributed by atoms with E-state index in [0.717, 1.165) is 25.9 Å². The molecule has 0 saturated heterocycles.